The summed E-state index contributed by atoms with van der Waals surface area (Å²) in [5, 5.41) is 0. The normalized spacial score (nSPS) is 33.0. The number of hydrogen-bond acceptors (Lipinski definition) is 4. The molecule has 0 radical (unpaired) electrons. The number of rotatable bonds is 4. The Balaban J connectivity index is 0.00000280. The highest BCUT2D eigenvalue weighted by Gasteiger charge is 2.63. The van der Waals surface area contributed by atoms with E-state index in [4.69, 9.17) is 10.5 Å². The molecule has 0 aromatic carbocycles. The Labute approximate surface area is 175 Å². The standard InChI is InChI=1S/C21H37N3O3.ClH/c1-5-27-17-13-21(22,20(17,3)4)19(26)23-11-8-16(9-12-23)18(25)24-10-6-7-15(2)14-24;/h15-17H,5-14,22H2,1-4H3;1H. The van der Waals surface area contributed by atoms with Crippen LogP contribution in [-0.4, -0.2) is 66.0 Å². The van der Waals surface area contributed by atoms with Crippen molar-refractivity contribution >= 4 is 24.2 Å². The second-order valence-electron chi connectivity index (χ2n) is 9.44. The van der Waals surface area contributed by atoms with Gasteiger partial charge in [0.15, 0.2) is 0 Å². The number of carbonyl (C=O) groups is 2. The first-order valence-corrected chi connectivity index (χ1v) is 10.7. The molecule has 0 bridgehead atoms. The quantitative estimate of drug-likeness (QED) is 0.765. The van der Waals surface area contributed by atoms with Crippen molar-refractivity contribution in [1.82, 2.24) is 9.80 Å². The second kappa shape index (κ2) is 8.88. The van der Waals surface area contributed by atoms with Crippen molar-refractivity contribution < 1.29 is 14.3 Å². The minimum Gasteiger partial charge on any atom is -0.378 e. The van der Waals surface area contributed by atoms with E-state index in [1.54, 1.807) is 0 Å². The molecule has 2 N–H and O–H groups in total. The zero-order valence-electron chi connectivity index (χ0n) is 17.9. The van der Waals surface area contributed by atoms with Crippen LogP contribution >= 0.6 is 12.4 Å². The predicted molar refractivity (Wildman–Crippen MR) is 112 cm³/mol. The van der Waals surface area contributed by atoms with Crippen LogP contribution in [0.25, 0.3) is 0 Å². The summed E-state index contributed by atoms with van der Waals surface area (Å²) in [5.74, 6) is 0.969. The molecule has 2 aliphatic heterocycles. The minimum atomic E-state index is -0.855. The SMILES string of the molecule is CCOC1CC(N)(C(=O)N2CCC(C(=O)N3CCCC(C)C3)CC2)C1(C)C.Cl. The zero-order chi connectivity index (χ0) is 19.8. The maximum atomic E-state index is 13.1. The van der Waals surface area contributed by atoms with Crippen molar-refractivity contribution in [1.29, 1.82) is 0 Å². The Morgan fingerprint density at radius 3 is 2.29 bits per heavy atom. The van der Waals surface area contributed by atoms with Crippen molar-refractivity contribution in [2.24, 2.45) is 23.0 Å². The van der Waals surface area contributed by atoms with E-state index in [0.29, 0.717) is 32.0 Å². The minimum absolute atomic E-state index is 0. The summed E-state index contributed by atoms with van der Waals surface area (Å²) < 4.78 is 5.75. The van der Waals surface area contributed by atoms with Gasteiger partial charge < -0.3 is 20.3 Å². The Morgan fingerprint density at radius 2 is 1.75 bits per heavy atom. The van der Waals surface area contributed by atoms with Crippen LogP contribution in [0.4, 0.5) is 0 Å². The molecule has 0 spiro atoms. The van der Waals surface area contributed by atoms with Gasteiger partial charge in [-0.2, -0.15) is 0 Å². The Bertz CT molecular complexity index is 577. The molecule has 1 saturated carbocycles. The maximum Gasteiger partial charge on any atom is 0.243 e. The topological polar surface area (TPSA) is 75.9 Å². The molecule has 162 valence electrons. The number of hydrogen-bond donors (Lipinski definition) is 1. The summed E-state index contributed by atoms with van der Waals surface area (Å²) in [6.45, 7) is 11.9. The third kappa shape index (κ3) is 4.05. The first-order chi connectivity index (χ1) is 12.7. The van der Waals surface area contributed by atoms with Gasteiger partial charge in [0.2, 0.25) is 11.8 Å². The molecule has 3 unspecified atom stereocenters. The van der Waals surface area contributed by atoms with Gasteiger partial charge in [-0.1, -0.05) is 20.8 Å². The molecule has 6 nitrogen and oxygen atoms in total. The molecule has 0 aromatic rings. The van der Waals surface area contributed by atoms with Gasteiger partial charge in [0, 0.05) is 50.5 Å². The number of carbonyl (C=O) groups excluding carboxylic acids is 2. The van der Waals surface area contributed by atoms with Gasteiger partial charge in [0.1, 0.15) is 5.54 Å². The monoisotopic (exact) mass is 415 g/mol. The lowest BCUT2D eigenvalue weighted by atomic mass is 9.54. The third-order valence-electron chi connectivity index (χ3n) is 7.31. The fourth-order valence-electron chi connectivity index (χ4n) is 5.06. The molecule has 3 atom stereocenters. The van der Waals surface area contributed by atoms with Crippen molar-refractivity contribution in [3.63, 3.8) is 0 Å². The summed E-state index contributed by atoms with van der Waals surface area (Å²) >= 11 is 0. The van der Waals surface area contributed by atoms with Crippen LogP contribution in [0.1, 0.15) is 59.8 Å². The lowest BCUT2D eigenvalue weighted by molar-refractivity contribution is -0.180. The second-order valence-corrected chi connectivity index (χ2v) is 9.44. The van der Waals surface area contributed by atoms with E-state index in [0.717, 1.165) is 32.4 Å². The molecule has 7 heteroatoms. The van der Waals surface area contributed by atoms with Gasteiger partial charge in [0.05, 0.1) is 6.10 Å². The lowest BCUT2D eigenvalue weighted by Crippen LogP contribution is -2.76. The van der Waals surface area contributed by atoms with Crippen LogP contribution in [-0.2, 0) is 14.3 Å². The van der Waals surface area contributed by atoms with E-state index in [1.807, 2.05) is 30.6 Å². The fourth-order valence-corrected chi connectivity index (χ4v) is 5.06. The number of piperidine rings is 2. The highest BCUT2D eigenvalue weighted by atomic mass is 35.5. The largest absolute Gasteiger partial charge is 0.378 e. The molecular formula is C21H38ClN3O3. The van der Waals surface area contributed by atoms with Gasteiger partial charge >= 0.3 is 0 Å². The van der Waals surface area contributed by atoms with Gasteiger partial charge in [0.25, 0.3) is 0 Å². The zero-order valence-corrected chi connectivity index (χ0v) is 18.7. The average molecular weight is 416 g/mol. The van der Waals surface area contributed by atoms with Crippen LogP contribution in [0.15, 0.2) is 0 Å². The predicted octanol–water partition coefficient (Wildman–Crippen LogP) is 2.44. The molecular weight excluding hydrogens is 378 g/mol. The number of nitrogens with two attached hydrogens (primary N) is 1. The van der Waals surface area contributed by atoms with Crippen molar-refractivity contribution in [3.8, 4) is 0 Å². The summed E-state index contributed by atoms with van der Waals surface area (Å²) in [6, 6.07) is 0. The lowest BCUT2D eigenvalue weighted by Gasteiger charge is -2.59. The van der Waals surface area contributed by atoms with Crippen molar-refractivity contribution in [2.45, 2.75) is 71.4 Å². The van der Waals surface area contributed by atoms with E-state index in [2.05, 4.69) is 6.92 Å². The first-order valence-electron chi connectivity index (χ1n) is 10.7. The molecule has 3 aliphatic rings. The van der Waals surface area contributed by atoms with E-state index in [-0.39, 0.29) is 41.7 Å². The molecule has 28 heavy (non-hydrogen) atoms. The Morgan fingerprint density at radius 1 is 1.11 bits per heavy atom. The highest BCUT2D eigenvalue weighted by Crippen LogP contribution is 2.50. The summed E-state index contributed by atoms with van der Waals surface area (Å²) in [4.78, 5) is 29.9. The van der Waals surface area contributed by atoms with Gasteiger partial charge in [-0.3, -0.25) is 9.59 Å². The fraction of sp³-hybridized carbons (Fsp3) is 0.905. The maximum absolute atomic E-state index is 13.1. The number of halogens is 1. The Hall–Kier alpha value is -0.850. The molecule has 0 aromatic heterocycles. The van der Waals surface area contributed by atoms with Crippen molar-refractivity contribution in [2.75, 3.05) is 32.8 Å². The number of nitrogens with zero attached hydrogens (tertiary/aromatic N) is 2. The van der Waals surface area contributed by atoms with E-state index in [1.165, 1.54) is 6.42 Å². The molecule has 2 saturated heterocycles. The van der Waals surface area contributed by atoms with Crippen LogP contribution in [0, 0.1) is 17.3 Å². The van der Waals surface area contributed by atoms with E-state index in [9.17, 15) is 9.59 Å². The van der Waals surface area contributed by atoms with Gasteiger partial charge in [-0.25, -0.2) is 0 Å². The van der Waals surface area contributed by atoms with Crippen molar-refractivity contribution in [3.05, 3.63) is 0 Å². The van der Waals surface area contributed by atoms with Crippen LogP contribution in [0.3, 0.4) is 0 Å². The highest BCUT2D eigenvalue weighted by molar-refractivity contribution is 5.89. The third-order valence-corrected chi connectivity index (χ3v) is 7.31. The molecule has 3 rings (SSSR count). The Kier molecular flexibility index (Phi) is 7.43. The molecule has 1 aliphatic carbocycles. The van der Waals surface area contributed by atoms with E-state index < -0.39 is 5.54 Å². The molecule has 2 amide bonds. The smallest absolute Gasteiger partial charge is 0.243 e. The van der Waals surface area contributed by atoms with Gasteiger partial charge in [-0.15, -0.1) is 12.4 Å². The number of ether oxygens (including phenoxy) is 1. The molecule has 2 heterocycles. The van der Waals surface area contributed by atoms with Crippen LogP contribution in [0.5, 0.6) is 0 Å². The summed E-state index contributed by atoms with van der Waals surface area (Å²) in [5.41, 5.74) is 5.34. The van der Waals surface area contributed by atoms with E-state index >= 15 is 0 Å². The van der Waals surface area contributed by atoms with Crippen LogP contribution in [0.2, 0.25) is 0 Å². The van der Waals surface area contributed by atoms with Gasteiger partial charge in [-0.05, 0) is 38.5 Å². The van der Waals surface area contributed by atoms with Crippen LogP contribution < -0.4 is 5.73 Å². The number of amides is 2. The average Bonchev–Trinajstić information content (AvgIpc) is 2.66. The summed E-state index contributed by atoms with van der Waals surface area (Å²) in [7, 11) is 0. The first kappa shape index (κ1) is 23.4. The number of likely N-dealkylation sites (tertiary alicyclic amines) is 2. The molecule has 3 fully saturated rings. The summed E-state index contributed by atoms with van der Waals surface area (Å²) in [6.07, 6.45) is 4.44.